The molecular formula is C15H13FN2O3S. The van der Waals surface area contributed by atoms with Gasteiger partial charge in [0.25, 0.3) is 11.1 Å². The highest BCUT2D eigenvalue weighted by atomic mass is 32.2. The van der Waals surface area contributed by atoms with E-state index in [1.807, 2.05) is 6.92 Å². The number of hydrogen-bond donors (Lipinski definition) is 0. The molecule has 0 aliphatic heterocycles. The van der Waals surface area contributed by atoms with Gasteiger partial charge in [-0.3, -0.25) is 0 Å². The molecule has 22 heavy (non-hydrogen) atoms. The van der Waals surface area contributed by atoms with Crippen LogP contribution in [0.2, 0.25) is 0 Å². The second kappa shape index (κ2) is 6.23. The van der Waals surface area contributed by atoms with Gasteiger partial charge in [-0.05, 0) is 31.2 Å². The van der Waals surface area contributed by atoms with Gasteiger partial charge in [-0.1, -0.05) is 11.8 Å². The summed E-state index contributed by atoms with van der Waals surface area (Å²) in [5, 5.41) is 8.37. The molecule has 0 aliphatic rings. The van der Waals surface area contributed by atoms with Crippen LogP contribution in [0.5, 0.6) is 5.75 Å². The van der Waals surface area contributed by atoms with Crippen molar-refractivity contribution in [3.8, 4) is 17.2 Å². The van der Waals surface area contributed by atoms with E-state index in [-0.39, 0.29) is 5.82 Å². The topological polar surface area (TPSA) is 61.3 Å². The minimum Gasteiger partial charge on any atom is -0.496 e. The summed E-state index contributed by atoms with van der Waals surface area (Å²) in [7, 11) is 1.55. The number of aromatic nitrogens is 2. The summed E-state index contributed by atoms with van der Waals surface area (Å²) in [6.07, 6.45) is 1.57. The first-order chi connectivity index (χ1) is 10.7. The van der Waals surface area contributed by atoms with E-state index in [4.69, 9.17) is 13.6 Å². The maximum atomic E-state index is 13.3. The molecule has 1 aromatic carbocycles. The smallest absolute Gasteiger partial charge is 0.277 e. The van der Waals surface area contributed by atoms with Crippen LogP contribution in [0.3, 0.4) is 0 Å². The second-order valence-electron chi connectivity index (χ2n) is 4.51. The van der Waals surface area contributed by atoms with Gasteiger partial charge in [0, 0.05) is 11.3 Å². The lowest BCUT2D eigenvalue weighted by molar-refractivity contribution is 0.410. The molecule has 0 radical (unpaired) electrons. The molecule has 0 spiro atoms. The number of furan rings is 1. The molecule has 0 atom stereocenters. The Labute approximate surface area is 130 Å². The zero-order chi connectivity index (χ0) is 15.5. The number of nitrogens with zero attached hydrogens (tertiary/aromatic N) is 2. The third-order valence-corrected chi connectivity index (χ3v) is 3.96. The Kier molecular flexibility index (Phi) is 4.15. The molecule has 2 aromatic heterocycles. The molecule has 3 rings (SSSR count). The van der Waals surface area contributed by atoms with Gasteiger partial charge in [0.1, 0.15) is 17.3 Å². The standard InChI is InChI=1S/C15H13FN2O3S/c1-9-12(5-6-20-9)14-17-18-15(21-14)22-8-10-7-11(16)3-4-13(10)19-2/h3-7H,8H2,1-2H3. The van der Waals surface area contributed by atoms with Gasteiger partial charge in [0.05, 0.1) is 18.9 Å². The first-order valence-electron chi connectivity index (χ1n) is 6.50. The van der Waals surface area contributed by atoms with Crippen LogP contribution in [0.4, 0.5) is 4.39 Å². The molecule has 0 fully saturated rings. The van der Waals surface area contributed by atoms with Crippen LogP contribution in [-0.4, -0.2) is 17.3 Å². The molecule has 0 unspecified atom stereocenters. The summed E-state index contributed by atoms with van der Waals surface area (Å²) in [6, 6.07) is 6.16. The number of methoxy groups -OCH3 is 1. The van der Waals surface area contributed by atoms with Crippen LogP contribution in [0.1, 0.15) is 11.3 Å². The van der Waals surface area contributed by atoms with Crippen LogP contribution in [0.25, 0.3) is 11.5 Å². The van der Waals surface area contributed by atoms with Gasteiger partial charge >= 0.3 is 0 Å². The highest BCUT2D eigenvalue weighted by molar-refractivity contribution is 7.98. The van der Waals surface area contributed by atoms with Crippen molar-refractivity contribution in [1.82, 2.24) is 10.2 Å². The summed E-state index contributed by atoms with van der Waals surface area (Å²) in [6.45, 7) is 1.82. The number of hydrogen-bond acceptors (Lipinski definition) is 6. The molecule has 3 aromatic rings. The Balaban J connectivity index is 1.74. The van der Waals surface area contributed by atoms with Crippen LogP contribution in [0, 0.1) is 12.7 Å². The average Bonchev–Trinajstić information content (AvgIpc) is 3.13. The molecule has 0 saturated carbocycles. The van der Waals surface area contributed by atoms with Crippen molar-refractivity contribution < 1.29 is 18.0 Å². The van der Waals surface area contributed by atoms with E-state index in [0.29, 0.717) is 28.4 Å². The van der Waals surface area contributed by atoms with Gasteiger partial charge in [0.2, 0.25) is 0 Å². The van der Waals surface area contributed by atoms with Crippen molar-refractivity contribution in [2.24, 2.45) is 0 Å². The van der Waals surface area contributed by atoms with E-state index in [9.17, 15) is 4.39 Å². The highest BCUT2D eigenvalue weighted by Gasteiger charge is 2.14. The summed E-state index contributed by atoms with van der Waals surface area (Å²) >= 11 is 1.32. The van der Waals surface area contributed by atoms with E-state index < -0.39 is 0 Å². The fourth-order valence-corrected chi connectivity index (χ4v) is 2.72. The van der Waals surface area contributed by atoms with Gasteiger partial charge < -0.3 is 13.6 Å². The van der Waals surface area contributed by atoms with Crippen molar-refractivity contribution in [1.29, 1.82) is 0 Å². The predicted octanol–water partition coefficient (Wildman–Crippen LogP) is 4.08. The van der Waals surface area contributed by atoms with Crippen LogP contribution in [0.15, 0.2) is 44.6 Å². The summed E-state index contributed by atoms with van der Waals surface area (Å²) in [5.74, 6) is 1.90. The Morgan fingerprint density at radius 1 is 1.27 bits per heavy atom. The molecule has 5 nitrogen and oxygen atoms in total. The zero-order valence-electron chi connectivity index (χ0n) is 12.0. The molecule has 0 N–H and O–H groups in total. The fraction of sp³-hybridized carbons (Fsp3) is 0.200. The van der Waals surface area contributed by atoms with Gasteiger partial charge in [-0.25, -0.2) is 4.39 Å². The highest BCUT2D eigenvalue weighted by Crippen LogP contribution is 2.30. The van der Waals surface area contributed by atoms with E-state index in [1.54, 1.807) is 25.5 Å². The average molecular weight is 320 g/mol. The SMILES string of the molecule is COc1ccc(F)cc1CSc1nnc(-c2ccoc2C)o1. The summed E-state index contributed by atoms with van der Waals surface area (Å²) < 4.78 is 29.3. The van der Waals surface area contributed by atoms with E-state index >= 15 is 0 Å². The summed E-state index contributed by atoms with van der Waals surface area (Å²) in [4.78, 5) is 0. The van der Waals surface area contributed by atoms with E-state index in [2.05, 4.69) is 10.2 Å². The zero-order valence-corrected chi connectivity index (χ0v) is 12.8. The molecule has 2 heterocycles. The number of halogens is 1. The van der Waals surface area contributed by atoms with Crippen LogP contribution < -0.4 is 4.74 Å². The minimum atomic E-state index is -0.309. The van der Waals surface area contributed by atoms with Crippen LogP contribution >= 0.6 is 11.8 Å². The predicted molar refractivity (Wildman–Crippen MR) is 79.3 cm³/mol. The lowest BCUT2D eigenvalue weighted by Gasteiger charge is -2.06. The first-order valence-corrected chi connectivity index (χ1v) is 7.49. The number of ether oxygens (including phenoxy) is 1. The van der Waals surface area contributed by atoms with Crippen molar-refractivity contribution in [3.05, 3.63) is 47.7 Å². The van der Waals surface area contributed by atoms with Gasteiger partial charge in [-0.15, -0.1) is 10.2 Å². The molecule has 0 bridgehead atoms. The fourth-order valence-electron chi connectivity index (χ4n) is 1.98. The van der Waals surface area contributed by atoms with Crippen LogP contribution in [-0.2, 0) is 5.75 Å². The third-order valence-electron chi connectivity index (χ3n) is 3.09. The third kappa shape index (κ3) is 2.99. The minimum absolute atomic E-state index is 0.309. The lowest BCUT2D eigenvalue weighted by atomic mass is 10.2. The van der Waals surface area contributed by atoms with Crippen molar-refractivity contribution >= 4 is 11.8 Å². The Hall–Kier alpha value is -2.28. The first kappa shape index (κ1) is 14.6. The monoisotopic (exact) mass is 320 g/mol. The number of benzene rings is 1. The van der Waals surface area contributed by atoms with Crippen molar-refractivity contribution in [2.75, 3.05) is 7.11 Å². The molecule has 0 saturated heterocycles. The number of rotatable bonds is 5. The largest absolute Gasteiger partial charge is 0.496 e. The normalized spacial score (nSPS) is 10.9. The van der Waals surface area contributed by atoms with Crippen molar-refractivity contribution in [2.45, 2.75) is 17.9 Å². The molecular weight excluding hydrogens is 307 g/mol. The Morgan fingerprint density at radius 2 is 2.14 bits per heavy atom. The number of thioether (sulfide) groups is 1. The number of aryl methyl sites for hydroxylation is 1. The lowest BCUT2D eigenvalue weighted by Crippen LogP contribution is -1.91. The maximum absolute atomic E-state index is 13.3. The quantitative estimate of drug-likeness (QED) is 0.660. The maximum Gasteiger partial charge on any atom is 0.277 e. The molecule has 0 amide bonds. The Bertz CT molecular complexity index is 785. The Morgan fingerprint density at radius 3 is 2.86 bits per heavy atom. The summed E-state index contributed by atoms with van der Waals surface area (Å²) in [5.41, 5.74) is 1.49. The van der Waals surface area contributed by atoms with E-state index in [0.717, 1.165) is 11.1 Å². The van der Waals surface area contributed by atoms with E-state index in [1.165, 1.54) is 23.9 Å². The molecule has 114 valence electrons. The van der Waals surface area contributed by atoms with Crippen molar-refractivity contribution in [3.63, 3.8) is 0 Å². The van der Waals surface area contributed by atoms with Gasteiger partial charge in [0.15, 0.2) is 0 Å². The molecule has 0 aliphatic carbocycles. The molecule has 7 heteroatoms. The van der Waals surface area contributed by atoms with Gasteiger partial charge in [-0.2, -0.15) is 0 Å². The second-order valence-corrected chi connectivity index (χ2v) is 5.44.